The molecule has 1 N–H and O–H groups in total. The average molecular weight is 324 g/mol. The summed E-state index contributed by atoms with van der Waals surface area (Å²) in [6.45, 7) is 9.80. The van der Waals surface area contributed by atoms with Crippen LogP contribution in [-0.2, 0) is 6.54 Å². The van der Waals surface area contributed by atoms with Gasteiger partial charge in [0.05, 0.1) is 17.2 Å². The highest BCUT2D eigenvalue weighted by Gasteiger charge is 2.22. The Morgan fingerprint density at radius 1 is 1.59 bits per heavy atom. The van der Waals surface area contributed by atoms with Crippen LogP contribution in [-0.4, -0.2) is 61.0 Å². The van der Waals surface area contributed by atoms with Gasteiger partial charge in [-0.2, -0.15) is 0 Å². The minimum Gasteiger partial charge on any atom is -0.356 e. The van der Waals surface area contributed by atoms with Gasteiger partial charge < -0.3 is 15.1 Å². The molecule has 1 aromatic rings. The quantitative estimate of drug-likeness (QED) is 0.644. The lowest BCUT2D eigenvalue weighted by Crippen LogP contribution is -2.41. The molecular weight excluding hydrogens is 294 g/mol. The molecule has 1 aliphatic rings. The number of thiazole rings is 1. The monoisotopic (exact) mass is 323 g/mol. The minimum absolute atomic E-state index is 0.734. The van der Waals surface area contributed by atoms with Crippen LogP contribution in [0.3, 0.4) is 0 Å². The van der Waals surface area contributed by atoms with Crippen LogP contribution in [0.1, 0.15) is 30.5 Å². The number of hydrogen-bond donors (Lipinski definition) is 1. The number of hydrogen-bond acceptors (Lipinski definition) is 4. The van der Waals surface area contributed by atoms with E-state index in [0.29, 0.717) is 0 Å². The molecule has 0 aliphatic carbocycles. The van der Waals surface area contributed by atoms with E-state index >= 15 is 0 Å². The zero-order valence-electron chi connectivity index (χ0n) is 14.3. The maximum absolute atomic E-state index is 4.52. The largest absolute Gasteiger partial charge is 0.356 e. The highest BCUT2D eigenvalue weighted by Crippen LogP contribution is 2.15. The van der Waals surface area contributed by atoms with Gasteiger partial charge in [-0.25, -0.2) is 4.98 Å². The van der Waals surface area contributed by atoms with Crippen molar-refractivity contribution in [3.63, 3.8) is 0 Å². The first-order valence-electron chi connectivity index (χ1n) is 8.17. The highest BCUT2D eigenvalue weighted by molar-refractivity contribution is 7.09. The summed E-state index contributed by atoms with van der Waals surface area (Å²) in [6, 6.07) is 0. The third-order valence-corrected chi connectivity index (χ3v) is 4.92. The molecule has 2 rings (SSSR count). The lowest BCUT2D eigenvalue weighted by Gasteiger charge is -2.23. The number of aryl methyl sites for hydroxylation is 1. The van der Waals surface area contributed by atoms with E-state index in [1.165, 1.54) is 32.5 Å². The Hall–Kier alpha value is -1.14. The Morgan fingerprint density at radius 3 is 3.05 bits per heavy atom. The van der Waals surface area contributed by atoms with E-state index in [0.717, 1.165) is 35.7 Å². The summed E-state index contributed by atoms with van der Waals surface area (Å²) in [7, 11) is 3.92. The number of nitrogens with zero attached hydrogens (tertiary/aromatic N) is 4. The van der Waals surface area contributed by atoms with Crippen molar-refractivity contribution in [2.45, 2.75) is 33.2 Å². The maximum atomic E-state index is 4.52. The second-order valence-electron chi connectivity index (χ2n) is 6.10. The zero-order valence-corrected chi connectivity index (χ0v) is 15.1. The van der Waals surface area contributed by atoms with Gasteiger partial charge in [-0.1, -0.05) is 6.92 Å². The standard InChI is InChI=1S/C16H29N5S/c1-5-7-21-8-6-14(10-21)9-18-16(17-3)20(4)11-15-12-22-13(2)19-15/h12,14H,5-11H2,1-4H3,(H,17,18). The smallest absolute Gasteiger partial charge is 0.193 e. The molecule has 0 saturated carbocycles. The van der Waals surface area contributed by atoms with Crippen LogP contribution in [0.5, 0.6) is 0 Å². The summed E-state index contributed by atoms with van der Waals surface area (Å²) >= 11 is 1.70. The Morgan fingerprint density at radius 2 is 2.41 bits per heavy atom. The van der Waals surface area contributed by atoms with E-state index in [9.17, 15) is 0 Å². The van der Waals surface area contributed by atoms with Crippen LogP contribution < -0.4 is 5.32 Å². The topological polar surface area (TPSA) is 43.8 Å². The second kappa shape index (κ2) is 8.48. The van der Waals surface area contributed by atoms with Gasteiger partial charge in [0.15, 0.2) is 5.96 Å². The SMILES string of the molecule is CCCN1CCC(CNC(=NC)N(C)Cc2csc(C)n2)C1. The Balaban J connectivity index is 1.77. The fraction of sp³-hybridized carbons (Fsp3) is 0.750. The molecule has 124 valence electrons. The van der Waals surface area contributed by atoms with Crippen LogP contribution in [0.4, 0.5) is 0 Å². The van der Waals surface area contributed by atoms with E-state index in [2.05, 4.69) is 44.4 Å². The maximum Gasteiger partial charge on any atom is 0.193 e. The van der Waals surface area contributed by atoms with Gasteiger partial charge in [0.2, 0.25) is 0 Å². The first-order valence-corrected chi connectivity index (χ1v) is 9.05. The lowest BCUT2D eigenvalue weighted by molar-refractivity contribution is 0.324. The van der Waals surface area contributed by atoms with Crippen LogP contribution in [0, 0.1) is 12.8 Å². The fourth-order valence-corrected chi connectivity index (χ4v) is 3.62. The highest BCUT2D eigenvalue weighted by atomic mass is 32.1. The van der Waals surface area contributed by atoms with Gasteiger partial charge in [-0.3, -0.25) is 4.99 Å². The number of aliphatic imine (C=N–C) groups is 1. The van der Waals surface area contributed by atoms with E-state index in [1.54, 1.807) is 11.3 Å². The lowest BCUT2D eigenvalue weighted by atomic mass is 10.1. The summed E-state index contributed by atoms with van der Waals surface area (Å²) in [5, 5.41) is 6.77. The van der Waals surface area contributed by atoms with Gasteiger partial charge in [0, 0.05) is 32.6 Å². The Labute approximate surface area is 138 Å². The number of likely N-dealkylation sites (tertiary alicyclic amines) is 1. The molecule has 0 spiro atoms. The molecule has 0 aromatic carbocycles. The van der Waals surface area contributed by atoms with Crippen molar-refractivity contribution in [2.24, 2.45) is 10.9 Å². The molecule has 1 fully saturated rings. The molecule has 1 atom stereocenters. The van der Waals surface area contributed by atoms with Gasteiger partial charge >= 0.3 is 0 Å². The average Bonchev–Trinajstić information content (AvgIpc) is 3.09. The number of rotatable bonds is 6. The molecule has 22 heavy (non-hydrogen) atoms. The molecule has 1 saturated heterocycles. The molecule has 6 heteroatoms. The fourth-order valence-electron chi connectivity index (χ4n) is 3.02. The van der Waals surface area contributed by atoms with E-state index in [1.807, 2.05) is 14.0 Å². The van der Waals surface area contributed by atoms with Crippen molar-refractivity contribution in [1.82, 2.24) is 20.1 Å². The predicted molar refractivity (Wildman–Crippen MR) is 94.5 cm³/mol. The predicted octanol–water partition coefficient (Wildman–Crippen LogP) is 2.19. The van der Waals surface area contributed by atoms with E-state index in [-0.39, 0.29) is 0 Å². The molecule has 5 nitrogen and oxygen atoms in total. The third-order valence-electron chi connectivity index (χ3n) is 4.10. The van der Waals surface area contributed by atoms with Gasteiger partial charge in [0.25, 0.3) is 0 Å². The van der Waals surface area contributed by atoms with Crippen LogP contribution in [0.2, 0.25) is 0 Å². The minimum atomic E-state index is 0.734. The van der Waals surface area contributed by atoms with Gasteiger partial charge in [0.1, 0.15) is 0 Å². The van der Waals surface area contributed by atoms with Crippen LogP contribution in [0.15, 0.2) is 10.4 Å². The normalized spacial score (nSPS) is 19.6. The van der Waals surface area contributed by atoms with Gasteiger partial charge in [-0.15, -0.1) is 11.3 Å². The Kier molecular flexibility index (Phi) is 6.64. The molecule has 2 heterocycles. The third kappa shape index (κ3) is 4.95. The zero-order chi connectivity index (χ0) is 15.9. The van der Waals surface area contributed by atoms with Crippen molar-refractivity contribution in [2.75, 3.05) is 40.3 Å². The summed E-state index contributed by atoms with van der Waals surface area (Å²) in [6.07, 6.45) is 2.54. The van der Waals surface area contributed by atoms with Gasteiger partial charge in [-0.05, 0) is 38.8 Å². The van der Waals surface area contributed by atoms with Crippen molar-refractivity contribution >= 4 is 17.3 Å². The Bertz CT molecular complexity index is 485. The molecule has 0 bridgehead atoms. The van der Waals surface area contributed by atoms with Crippen LogP contribution in [0.25, 0.3) is 0 Å². The molecule has 1 unspecified atom stereocenters. The van der Waals surface area contributed by atoms with Crippen LogP contribution >= 0.6 is 11.3 Å². The summed E-state index contributed by atoms with van der Waals surface area (Å²) < 4.78 is 0. The molecule has 1 aliphatic heterocycles. The van der Waals surface area contributed by atoms with Crippen molar-refractivity contribution < 1.29 is 0 Å². The molecule has 0 amide bonds. The molecule has 0 radical (unpaired) electrons. The van der Waals surface area contributed by atoms with Crippen molar-refractivity contribution in [1.29, 1.82) is 0 Å². The van der Waals surface area contributed by atoms with E-state index in [4.69, 9.17) is 0 Å². The molecule has 1 aromatic heterocycles. The summed E-state index contributed by atoms with van der Waals surface area (Å²) in [5.74, 6) is 1.69. The summed E-state index contributed by atoms with van der Waals surface area (Å²) in [5.41, 5.74) is 1.11. The number of aromatic nitrogens is 1. The van der Waals surface area contributed by atoms with Crippen molar-refractivity contribution in [3.05, 3.63) is 16.1 Å². The van der Waals surface area contributed by atoms with E-state index < -0.39 is 0 Å². The molecular formula is C16H29N5S. The second-order valence-corrected chi connectivity index (χ2v) is 7.16. The summed E-state index contributed by atoms with van der Waals surface area (Å²) in [4.78, 5) is 13.6. The number of nitrogens with one attached hydrogen (secondary N) is 1. The number of guanidine groups is 1. The first kappa shape index (κ1) is 17.2. The first-order chi connectivity index (χ1) is 10.6. The van der Waals surface area contributed by atoms with Crippen molar-refractivity contribution in [3.8, 4) is 0 Å².